The molecule has 1 rings (SSSR count). The van der Waals surface area contributed by atoms with Gasteiger partial charge in [0.1, 0.15) is 0 Å². The van der Waals surface area contributed by atoms with Gasteiger partial charge in [0.25, 0.3) is 0 Å². The average Bonchev–Trinajstić information content (AvgIpc) is 1.90. The minimum atomic E-state index is 0.896. The lowest BCUT2D eigenvalue weighted by Gasteiger charge is -2.32. The van der Waals surface area contributed by atoms with Crippen molar-refractivity contribution >= 4 is 0 Å². The predicted octanol–water partition coefficient (Wildman–Crippen LogP) is -0.0171. The Hall–Kier alpha value is -0.340. The van der Waals surface area contributed by atoms with Gasteiger partial charge in [-0.3, -0.25) is 4.48 Å². The summed E-state index contributed by atoms with van der Waals surface area (Å²) >= 11 is 0. The van der Waals surface area contributed by atoms with Crippen molar-refractivity contribution in [3.8, 4) is 0 Å². The van der Waals surface area contributed by atoms with Gasteiger partial charge in [0.2, 0.25) is 0 Å². The summed E-state index contributed by atoms with van der Waals surface area (Å²) in [5.74, 6) is 0. The van der Waals surface area contributed by atoms with Crippen LogP contribution in [0.4, 0.5) is 0 Å². The monoisotopic (exact) mass is 126 g/mol. The molecule has 0 unspecified atom stereocenters. The second-order valence-electron chi connectivity index (χ2n) is 2.75. The lowest BCUT2D eigenvalue weighted by atomic mass is 10.3. The molecule has 0 aromatic carbocycles. The first-order chi connectivity index (χ1) is 4.27. The molecule has 9 heavy (non-hydrogen) atoms. The zero-order valence-electron chi connectivity index (χ0n) is 5.98. The smallest absolute Gasteiger partial charge is 0.186 e. The van der Waals surface area contributed by atoms with Crippen LogP contribution in [0.25, 0.3) is 0 Å². The van der Waals surface area contributed by atoms with E-state index in [9.17, 15) is 0 Å². The summed E-state index contributed by atoms with van der Waals surface area (Å²) < 4.78 is 0.896. The van der Waals surface area contributed by atoms with Gasteiger partial charge in [0.05, 0.1) is 20.1 Å². The van der Waals surface area contributed by atoms with Crippen LogP contribution in [-0.4, -0.2) is 37.7 Å². The van der Waals surface area contributed by atoms with E-state index in [1.807, 2.05) is 0 Å². The van der Waals surface area contributed by atoms with E-state index in [4.69, 9.17) is 0 Å². The molecule has 1 heterocycles. The van der Waals surface area contributed by atoms with Crippen molar-refractivity contribution in [1.29, 1.82) is 0 Å². The van der Waals surface area contributed by atoms with Gasteiger partial charge in [-0.1, -0.05) is 0 Å². The Balaban J connectivity index is 2.46. The molecule has 0 aromatic heterocycles. The van der Waals surface area contributed by atoms with E-state index in [1.165, 1.54) is 0 Å². The number of hydrogen-bond donors (Lipinski definition) is 1. The second kappa shape index (κ2) is 2.50. The van der Waals surface area contributed by atoms with Crippen LogP contribution in [0.3, 0.4) is 0 Å². The summed E-state index contributed by atoms with van der Waals surface area (Å²) in [4.78, 5) is 0. The van der Waals surface area contributed by atoms with Crippen molar-refractivity contribution in [2.75, 3.05) is 33.2 Å². The summed E-state index contributed by atoms with van der Waals surface area (Å²) in [5, 5.41) is 3.29. The summed E-state index contributed by atoms with van der Waals surface area (Å²) in [5.41, 5.74) is 0. The van der Waals surface area contributed by atoms with Crippen LogP contribution >= 0.6 is 0 Å². The first kappa shape index (κ1) is 6.78. The summed E-state index contributed by atoms with van der Waals surface area (Å²) in [6.45, 7) is 8.12. The number of quaternary nitrogens is 1. The summed E-state index contributed by atoms with van der Waals surface area (Å²) in [7, 11) is 2.16. The van der Waals surface area contributed by atoms with Gasteiger partial charge >= 0.3 is 0 Å². The lowest BCUT2D eigenvalue weighted by Crippen LogP contribution is -2.52. The fourth-order valence-corrected chi connectivity index (χ4v) is 1.05. The van der Waals surface area contributed by atoms with Crippen LogP contribution in [0.5, 0.6) is 0 Å². The Morgan fingerprint density at radius 2 is 2.00 bits per heavy atom. The molecule has 0 saturated carbocycles. The molecule has 0 aromatic rings. The lowest BCUT2D eigenvalue weighted by molar-refractivity contribution is -0.872. The molecular formula is C7H14N2+. The maximum atomic E-state index is 3.68. The minimum absolute atomic E-state index is 0.896. The maximum Gasteiger partial charge on any atom is 0.186 e. The molecule has 1 N–H and O–H groups in total. The van der Waals surface area contributed by atoms with Crippen LogP contribution in [0.2, 0.25) is 0 Å². The molecule has 0 amide bonds. The van der Waals surface area contributed by atoms with Crippen LogP contribution in [0.15, 0.2) is 6.58 Å². The van der Waals surface area contributed by atoms with E-state index < -0.39 is 0 Å². The highest BCUT2D eigenvalue weighted by atomic mass is 15.3. The normalized spacial score (nSPS) is 25.4. The molecule has 1 radical (unpaired) electrons. The Bertz CT molecular complexity index is 103. The Morgan fingerprint density at radius 3 is 2.33 bits per heavy atom. The van der Waals surface area contributed by atoms with Crippen LogP contribution in [0.1, 0.15) is 0 Å². The largest absolute Gasteiger partial charge is 0.306 e. The number of likely N-dealkylation sites (N-methyl/N-ethyl adjacent to an activating group) is 1. The molecule has 51 valence electrons. The van der Waals surface area contributed by atoms with Gasteiger partial charge in [-0.15, -0.1) is 0 Å². The molecular weight excluding hydrogens is 112 g/mol. The standard InChI is InChI=1S/C7H14N2/c1-3-9(2)6-4-8-5-7-9/h8H,1,4-7H2,2H3/q+1. The van der Waals surface area contributed by atoms with E-state index in [2.05, 4.69) is 25.1 Å². The maximum absolute atomic E-state index is 3.68. The Labute approximate surface area is 56.8 Å². The number of piperazine rings is 1. The van der Waals surface area contributed by atoms with Crippen molar-refractivity contribution in [1.82, 2.24) is 5.32 Å². The highest BCUT2D eigenvalue weighted by Crippen LogP contribution is 2.02. The molecule has 1 fully saturated rings. The fourth-order valence-electron chi connectivity index (χ4n) is 1.05. The average molecular weight is 126 g/mol. The summed E-state index contributed by atoms with van der Waals surface area (Å²) in [6, 6.07) is 0. The molecule has 2 nitrogen and oxygen atoms in total. The molecule has 0 atom stereocenters. The third kappa shape index (κ3) is 1.53. The van der Waals surface area contributed by atoms with Gasteiger partial charge in [-0.2, -0.15) is 0 Å². The number of rotatable bonds is 1. The minimum Gasteiger partial charge on any atom is -0.306 e. The predicted molar refractivity (Wildman–Crippen MR) is 37.7 cm³/mol. The van der Waals surface area contributed by atoms with E-state index >= 15 is 0 Å². The molecule has 1 aliphatic heterocycles. The van der Waals surface area contributed by atoms with Crippen LogP contribution in [0, 0.1) is 6.20 Å². The van der Waals surface area contributed by atoms with E-state index in [-0.39, 0.29) is 0 Å². The van der Waals surface area contributed by atoms with Gasteiger partial charge in [-0.05, 0) is 6.58 Å². The van der Waals surface area contributed by atoms with E-state index in [0.29, 0.717) is 0 Å². The highest BCUT2D eigenvalue weighted by molar-refractivity contribution is 4.57. The van der Waals surface area contributed by atoms with Crippen molar-refractivity contribution in [3.05, 3.63) is 12.8 Å². The fraction of sp³-hybridized carbons (Fsp3) is 0.714. The van der Waals surface area contributed by atoms with Crippen molar-refractivity contribution in [2.24, 2.45) is 0 Å². The molecule has 0 spiro atoms. The topological polar surface area (TPSA) is 12.0 Å². The zero-order chi connectivity index (χ0) is 6.74. The van der Waals surface area contributed by atoms with E-state index in [1.54, 1.807) is 0 Å². The molecule has 1 saturated heterocycles. The van der Waals surface area contributed by atoms with Crippen molar-refractivity contribution in [2.45, 2.75) is 0 Å². The SMILES string of the molecule is C=[C][N+]1(C)CCNCC1. The summed E-state index contributed by atoms with van der Waals surface area (Å²) in [6.07, 6.45) is 3.03. The van der Waals surface area contributed by atoms with Crippen LogP contribution < -0.4 is 5.32 Å². The van der Waals surface area contributed by atoms with Gasteiger partial charge in [-0.25, -0.2) is 0 Å². The number of nitrogens with zero attached hydrogens (tertiary/aromatic N) is 1. The number of hydrogen-bond acceptors (Lipinski definition) is 1. The molecule has 0 aliphatic carbocycles. The van der Waals surface area contributed by atoms with Crippen LogP contribution in [-0.2, 0) is 0 Å². The Kier molecular flexibility index (Phi) is 1.88. The quantitative estimate of drug-likeness (QED) is 0.487. The molecule has 1 aliphatic rings. The van der Waals surface area contributed by atoms with Crippen molar-refractivity contribution < 1.29 is 4.48 Å². The number of nitrogens with one attached hydrogen (secondary N) is 1. The molecule has 0 bridgehead atoms. The van der Waals surface area contributed by atoms with Gasteiger partial charge in [0.15, 0.2) is 6.20 Å². The third-order valence-corrected chi connectivity index (χ3v) is 1.95. The zero-order valence-corrected chi connectivity index (χ0v) is 5.98. The van der Waals surface area contributed by atoms with Gasteiger partial charge in [0, 0.05) is 13.1 Å². The second-order valence-corrected chi connectivity index (χ2v) is 2.75. The molecule has 2 heteroatoms. The highest BCUT2D eigenvalue weighted by Gasteiger charge is 2.21. The van der Waals surface area contributed by atoms with Gasteiger partial charge < -0.3 is 5.32 Å². The first-order valence-corrected chi connectivity index (χ1v) is 3.36. The Morgan fingerprint density at radius 1 is 1.44 bits per heavy atom. The third-order valence-electron chi connectivity index (χ3n) is 1.95. The van der Waals surface area contributed by atoms with E-state index in [0.717, 1.165) is 30.7 Å². The first-order valence-electron chi connectivity index (χ1n) is 3.36. The van der Waals surface area contributed by atoms with Crippen molar-refractivity contribution in [3.63, 3.8) is 0 Å².